The Morgan fingerprint density at radius 1 is 0.246 bits per heavy atom. The summed E-state index contributed by atoms with van der Waals surface area (Å²) in [5, 5.41) is 0. The molecule has 1 spiro atoms. The van der Waals surface area contributed by atoms with E-state index in [1.807, 2.05) is 24.3 Å². The molecule has 0 saturated heterocycles. The molecule has 10 aromatic rings. The minimum atomic E-state index is -1.84. The zero-order valence-corrected chi connectivity index (χ0v) is 35.9. The topological polar surface area (TPSA) is 24.9 Å². The van der Waals surface area contributed by atoms with Crippen LogP contribution in [0.1, 0.15) is 0 Å². The maximum Gasteiger partial charge on any atom is 0.151 e. The van der Waals surface area contributed by atoms with Crippen LogP contribution in [0, 0.1) is 0 Å². The Kier molecular flexibility index (Phi) is 7.74. The molecule has 0 radical (unpaired) electrons. The Bertz CT molecular complexity index is 3290. The quantitative estimate of drug-likeness (QED) is 0.176. The Balaban J connectivity index is 0.940. The standard InChI is InChI=1S/C60H38N2O2S/c1-5-21-47(61-49-23-7-11-27-53(49)63-54-28-12-8-24-50(54)61)41(17-1)39-33-35-59-45(37-39)43-19-3-15-31-57(43)65(59)58-32-16-4-20-44(58)46-38-40(34-36-60(46)65)42-18-2-6-22-48(42)62-51-25-9-13-29-55(51)64-56-30-14-10-26-52(56)62/h1-38H. The minimum absolute atomic E-state index is 0.844. The van der Waals surface area contributed by atoms with Gasteiger partial charge in [-0.2, -0.15) is 0 Å². The first-order chi connectivity index (χ1) is 32.3. The molecule has 10 aromatic carbocycles. The van der Waals surface area contributed by atoms with E-state index in [9.17, 15) is 0 Å². The number of benzene rings is 10. The van der Waals surface area contributed by atoms with Crippen molar-refractivity contribution < 1.29 is 9.47 Å². The van der Waals surface area contributed by atoms with Gasteiger partial charge in [0.15, 0.2) is 23.0 Å². The molecule has 0 unspecified atom stereocenters. The molecule has 0 atom stereocenters. The van der Waals surface area contributed by atoms with Crippen molar-refractivity contribution in [1.29, 1.82) is 0 Å². The van der Waals surface area contributed by atoms with Crippen LogP contribution in [-0.4, -0.2) is 0 Å². The summed E-state index contributed by atoms with van der Waals surface area (Å²) in [6.45, 7) is 0. The van der Waals surface area contributed by atoms with Crippen molar-refractivity contribution in [2.45, 2.75) is 19.6 Å². The Hall–Kier alpha value is -8.25. The van der Waals surface area contributed by atoms with Crippen LogP contribution >= 0.6 is 10.0 Å². The lowest BCUT2D eigenvalue weighted by atomic mass is 9.97. The van der Waals surface area contributed by atoms with Gasteiger partial charge in [-0.15, -0.1) is 10.0 Å². The first-order valence-electron chi connectivity index (χ1n) is 22.1. The summed E-state index contributed by atoms with van der Waals surface area (Å²) in [6.07, 6.45) is 0. The summed E-state index contributed by atoms with van der Waals surface area (Å²) >= 11 is 0. The summed E-state index contributed by atoms with van der Waals surface area (Å²) in [6, 6.07) is 83.7. The van der Waals surface area contributed by atoms with Crippen LogP contribution in [0.5, 0.6) is 23.0 Å². The zero-order chi connectivity index (χ0) is 42.6. The Morgan fingerprint density at radius 2 is 0.538 bits per heavy atom. The summed E-state index contributed by atoms with van der Waals surface area (Å²) in [4.78, 5) is 10.3. The Morgan fingerprint density at radius 3 is 0.923 bits per heavy atom. The smallest absolute Gasteiger partial charge is 0.151 e. The highest BCUT2D eigenvalue weighted by Crippen LogP contribution is 2.85. The van der Waals surface area contributed by atoms with Gasteiger partial charge in [0.25, 0.3) is 0 Å². The number of nitrogens with zero attached hydrogens (tertiary/aromatic N) is 2. The number of fused-ring (bicyclic) bond motifs is 14. The van der Waals surface area contributed by atoms with Crippen LogP contribution in [0.3, 0.4) is 0 Å². The summed E-state index contributed by atoms with van der Waals surface area (Å²) < 4.78 is 12.9. The molecular weight excluding hydrogens is 813 g/mol. The van der Waals surface area contributed by atoms with Gasteiger partial charge in [0.05, 0.1) is 34.1 Å². The van der Waals surface area contributed by atoms with Crippen molar-refractivity contribution in [3.05, 3.63) is 231 Å². The lowest BCUT2D eigenvalue weighted by Gasteiger charge is -2.36. The normalized spacial score (nSPS) is 14.3. The molecule has 0 aromatic heterocycles. The third kappa shape index (κ3) is 5.10. The van der Waals surface area contributed by atoms with E-state index in [4.69, 9.17) is 9.47 Å². The van der Waals surface area contributed by atoms with Crippen molar-refractivity contribution in [3.8, 4) is 67.5 Å². The molecule has 4 aliphatic heterocycles. The minimum Gasteiger partial charge on any atom is -0.453 e. The van der Waals surface area contributed by atoms with E-state index in [2.05, 4.69) is 216 Å². The lowest BCUT2D eigenvalue weighted by Crippen LogP contribution is -2.16. The molecule has 4 nitrogen and oxygen atoms in total. The van der Waals surface area contributed by atoms with E-state index in [1.165, 1.54) is 53.0 Å². The molecule has 306 valence electrons. The van der Waals surface area contributed by atoms with E-state index in [1.54, 1.807) is 0 Å². The highest BCUT2D eigenvalue weighted by atomic mass is 32.3. The van der Waals surface area contributed by atoms with Gasteiger partial charge in [0, 0.05) is 30.7 Å². The van der Waals surface area contributed by atoms with E-state index in [0.717, 1.165) is 68.2 Å². The van der Waals surface area contributed by atoms with Gasteiger partial charge in [-0.25, -0.2) is 0 Å². The van der Waals surface area contributed by atoms with E-state index in [-0.39, 0.29) is 0 Å². The molecule has 0 N–H and O–H groups in total. The van der Waals surface area contributed by atoms with Crippen LogP contribution in [0.2, 0.25) is 0 Å². The summed E-state index contributed by atoms with van der Waals surface area (Å²) in [5.74, 6) is 3.38. The van der Waals surface area contributed by atoms with Crippen LogP contribution in [0.4, 0.5) is 34.1 Å². The second-order valence-electron chi connectivity index (χ2n) is 16.8. The maximum atomic E-state index is 6.43. The predicted molar refractivity (Wildman–Crippen MR) is 265 cm³/mol. The fourth-order valence-corrected chi connectivity index (χ4v) is 15.3. The average Bonchev–Trinajstić information content (AvgIpc) is 3.84. The van der Waals surface area contributed by atoms with E-state index in [0.29, 0.717) is 0 Å². The van der Waals surface area contributed by atoms with Crippen molar-refractivity contribution >= 4 is 44.2 Å². The third-order valence-corrected chi connectivity index (χ3v) is 17.5. The SMILES string of the molecule is c1ccc2c(c1)Oc1ccccc1N2c1ccccc1-c1ccc2c(c1)-c1ccccc1S21c2ccccc2-c2cc(-c3ccccc3N3c4ccccc4Oc4ccccc43)ccc21. The summed E-state index contributed by atoms with van der Waals surface area (Å²) in [5.41, 5.74) is 16.2. The molecule has 5 heteroatoms. The van der Waals surface area contributed by atoms with E-state index < -0.39 is 10.0 Å². The van der Waals surface area contributed by atoms with Crippen molar-refractivity contribution in [2.24, 2.45) is 0 Å². The maximum absolute atomic E-state index is 6.43. The van der Waals surface area contributed by atoms with Gasteiger partial charge < -0.3 is 19.3 Å². The highest BCUT2D eigenvalue weighted by molar-refractivity contribution is 8.34. The van der Waals surface area contributed by atoms with Gasteiger partial charge >= 0.3 is 0 Å². The highest BCUT2D eigenvalue weighted by Gasteiger charge is 2.48. The van der Waals surface area contributed by atoms with Crippen molar-refractivity contribution in [3.63, 3.8) is 0 Å². The van der Waals surface area contributed by atoms with Crippen LogP contribution in [0.15, 0.2) is 250 Å². The monoisotopic (exact) mass is 850 g/mol. The van der Waals surface area contributed by atoms with Gasteiger partial charge in [-0.3, -0.25) is 0 Å². The molecule has 14 rings (SSSR count). The van der Waals surface area contributed by atoms with Crippen molar-refractivity contribution in [2.75, 3.05) is 9.80 Å². The first kappa shape index (κ1) is 36.3. The molecule has 4 heterocycles. The zero-order valence-electron chi connectivity index (χ0n) is 35.1. The van der Waals surface area contributed by atoms with Gasteiger partial charge in [-0.05, 0) is 130 Å². The third-order valence-electron chi connectivity index (χ3n) is 13.4. The first-order valence-corrected chi connectivity index (χ1v) is 23.7. The van der Waals surface area contributed by atoms with Gasteiger partial charge in [0.1, 0.15) is 0 Å². The molecule has 0 saturated carbocycles. The number of para-hydroxylation sites is 10. The second kappa shape index (κ2) is 13.9. The van der Waals surface area contributed by atoms with Gasteiger partial charge in [0.2, 0.25) is 0 Å². The molecule has 0 fully saturated rings. The molecule has 0 amide bonds. The number of hydrogen-bond acceptors (Lipinski definition) is 4. The molecule has 0 aliphatic carbocycles. The van der Waals surface area contributed by atoms with Gasteiger partial charge in [-0.1, -0.05) is 133 Å². The number of hydrogen-bond donors (Lipinski definition) is 0. The fraction of sp³-hybridized carbons (Fsp3) is 0. The molecule has 0 bridgehead atoms. The summed E-state index contributed by atoms with van der Waals surface area (Å²) in [7, 11) is -1.84. The average molecular weight is 851 g/mol. The molecule has 4 aliphatic rings. The lowest BCUT2D eigenvalue weighted by molar-refractivity contribution is 0.477. The Labute approximate surface area is 379 Å². The van der Waals surface area contributed by atoms with Crippen molar-refractivity contribution in [1.82, 2.24) is 0 Å². The second-order valence-corrected chi connectivity index (χ2v) is 19.8. The van der Waals surface area contributed by atoms with Crippen LogP contribution < -0.4 is 19.3 Å². The molecular formula is C60H38N2O2S. The molecule has 65 heavy (non-hydrogen) atoms. The number of rotatable bonds is 4. The van der Waals surface area contributed by atoms with Crippen LogP contribution in [0.25, 0.3) is 44.5 Å². The van der Waals surface area contributed by atoms with Crippen LogP contribution in [-0.2, 0) is 0 Å². The number of anilines is 6. The largest absolute Gasteiger partial charge is 0.453 e. The predicted octanol–water partition coefficient (Wildman–Crippen LogP) is 17.5. The number of ether oxygens (including phenoxy) is 2. The fourth-order valence-electron chi connectivity index (χ4n) is 10.7. The van der Waals surface area contributed by atoms with E-state index >= 15 is 0 Å².